The highest BCUT2D eigenvalue weighted by molar-refractivity contribution is 5.95. The van der Waals surface area contributed by atoms with Crippen molar-refractivity contribution in [2.24, 2.45) is 0 Å². The fourth-order valence-corrected chi connectivity index (χ4v) is 2.24. The standard InChI is InChI=1S/C15H20N2O/c1-2-3-11-17-12-7-10-14(17)15(18)16-13-8-5-4-6-9-13/h3-6,8-9,11,14H,2,7,10,12H2,1H3,(H,16,18)/b11-3+/t14-/m0/s1. The minimum absolute atomic E-state index is 0.0204. The molecule has 0 bridgehead atoms. The molecular weight excluding hydrogens is 224 g/mol. The van der Waals surface area contributed by atoms with Crippen LogP contribution < -0.4 is 5.32 Å². The van der Waals surface area contributed by atoms with Crippen molar-refractivity contribution in [1.82, 2.24) is 4.90 Å². The Hall–Kier alpha value is -1.77. The zero-order valence-electron chi connectivity index (χ0n) is 10.8. The predicted molar refractivity (Wildman–Crippen MR) is 74.2 cm³/mol. The summed E-state index contributed by atoms with van der Waals surface area (Å²) in [5.41, 5.74) is 0.869. The maximum atomic E-state index is 12.2. The van der Waals surface area contributed by atoms with E-state index in [0.29, 0.717) is 0 Å². The predicted octanol–water partition coefficient (Wildman–Crippen LogP) is 3.01. The first kappa shape index (κ1) is 12.7. The van der Waals surface area contributed by atoms with Gasteiger partial charge in [0.25, 0.3) is 0 Å². The number of carbonyl (C=O) groups is 1. The van der Waals surface area contributed by atoms with E-state index >= 15 is 0 Å². The zero-order valence-corrected chi connectivity index (χ0v) is 10.8. The van der Waals surface area contributed by atoms with Crippen molar-refractivity contribution in [3.63, 3.8) is 0 Å². The molecule has 96 valence electrons. The summed E-state index contributed by atoms with van der Waals surface area (Å²) < 4.78 is 0. The quantitative estimate of drug-likeness (QED) is 0.883. The molecule has 1 aliphatic heterocycles. The molecule has 1 aliphatic rings. The molecule has 1 aromatic rings. The zero-order chi connectivity index (χ0) is 12.8. The molecule has 18 heavy (non-hydrogen) atoms. The Morgan fingerprint density at radius 1 is 1.44 bits per heavy atom. The van der Waals surface area contributed by atoms with Gasteiger partial charge in [-0.25, -0.2) is 0 Å². The second kappa shape index (κ2) is 6.24. The number of allylic oxidation sites excluding steroid dienone is 1. The summed E-state index contributed by atoms with van der Waals surface area (Å²) in [7, 11) is 0. The average molecular weight is 244 g/mol. The van der Waals surface area contributed by atoms with E-state index in [-0.39, 0.29) is 11.9 Å². The van der Waals surface area contributed by atoms with Crippen molar-refractivity contribution < 1.29 is 4.79 Å². The number of nitrogens with one attached hydrogen (secondary N) is 1. The van der Waals surface area contributed by atoms with Gasteiger partial charge in [0.2, 0.25) is 5.91 Å². The van der Waals surface area contributed by atoms with Crippen LogP contribution in [-0.2, 0) is 4.79 Å². The molecule has 3 heteroatoms. The number of amides is 1. The van der Waals surface area contributed by atoms with E-state index in [9.17, 15) is 4.79 Å². The minimum atomic E-state index is -0.0204. The van der Waals surface area contributed by atoms with Gasteiger partial charge < -0.3 is 10.2 Å². The molecule has 3 nitrogen and oxygen atoms in total. The number of para-hydroxylation sites is 1. The molecule has 0 spiro atoms. The Labute approximate surface area is 108 Å². The first-order chi connectivity index (χ1) is 8.81. The molecule has 1 saturated heterocycles. The van der Waals surface area contributed by atoms with Crippen LogP contribution >= 0.6 is 0 Å². The van der Waals surface area contributed by atoms with Crippen LogP contribution in [-0.4, -0.2) is 23.4 Å². The maximum absolute atomic E-state index is 12.2. The van der Waals surface area contributed by atoms with Crippen molar-refractivity contribution in [3.05, 3.63) is 42.6 Å². The molecular formula is C15H20N2O. The lowest BCUT2D eigenvalue weighted by atomic mass is 10.2. The van der Waals surface area contributed by atoms with E-state index in [1.54, 1.807) is 0 Å². The van der Waals surface area contributed by atoms with Crippen LogP contribution in [0.1, 0.15) is 26.2 Å². The molecule has 0 saturated carbocycles. The smallest absolute Gasteiger partial charge is 0.247 e. The van der Waals surface area contributed by atoms with Gasteiger partial charge in [-0.1, -0.05) is 31.2 Å². The molecule has 0 unspecified atom stereocenters. The van der Waals surface area contributed by atoms with E-state index < -0.39 is 0 Å². The molecule has 1 heterocycles. The molecule has 1 fully saturated rings. The third-order valence-corrected chi connectivity index (χ3v) is 3.17. The second-order valence-corrected chi connectivity index (χ2v) is 4.54. The summed E-state index contributed by atoms with van der Waals surface area (Å²) in [6, 6.07) is 9.62. The Kier molecular flexibility index (Phi) is 4.40. The normalized spacial score (nSPS) is 19.4. The van der Waals surface area contributed by atoms with Crippen molar-refractivity contribution in [3.8, 4) is 0 Å². The van der Waals surface area contributed by atoms with Crippen molar-refractivity contribution in [2.75, 3.05) is 11.9 Å². The first-order valence-electron chi connectivity index (χ1n) is 6.59. The summed E-state index contributed by atoms with van der Waals surface area (Å²) in [6.07, 6.45) is 7.19. The minimum Gasteiger partial charge on any atom is -0.366 e. The van der Waals surface area contributed by atoms with E-state index in [1.807, 2.05) is 30.3 Å². The average Bonchev–Trinajstić information content (AvgIpc) is 2.86. The van der Waals surface area contributed by atoms with Gasteiger partial charge in [0.1, 0.15) is 6.04 Å². The Bertz CT molecular complexity index is 414. The molecule has 1 aromatic carbocycles. The topological polar surface area (TPSA) is 32.3 Å². The van der Waals surface area contributed by atoms with E-state index in [1.165, 1.54) is 0 Å². The Balaban J connectivity index is 1.98. The van der Waals surface area contributed by atoms with E-state index in [2.05, 4.69) is 29.4 Å². The number of nitrogens with zero attached hydrogens (tertiary/aromatic N) is 1. The third kappa shape index (κ3) is 3.13. The van der Waals surface area contributed by atoms with E-state index in [0.717, 1.165) is 31.5 Å². The van der Waals surface area contributed by atoms with Crippen LogP contribution in [0.5, 0.6) is 0 Å². The van der Waals surface area contributed by atoms with Crippen LogP contribution in [0.25, 0.3) is 0 Å². The molecule has 1 N–H and O–H groups in total. The van der Waals surface area contributed by atoms with Crippen molar-refractivity contribution >= 4 is 11.6 Å². The number of benzene rings is 1. The number of hydrogen-bond acceptors (Lipinski definition) is 2. The van der Waals surface area contributed by atoms with Gasteiger partial charge in [-0.3, -0.25) is 4.79 Å². The van der Waals surface area contributed by atoms with Crippen molar-refractivity contribution in [1.29, 1.82) is 0 Å². The van der Waals surface area contributed by atoms with Gasteiger partial charge >= 0.3 is 0 Å². The SMILES string of the molecule is CC/C=C/N1CCC[C@H]1C(=O)Nc1ccccc1. The summed E-state index contributed by atoms with van der Waals surface area (Å²) in [5.74, 6) is 0.0967. The highest BCUT2D eigenvalue weighted by atomic mass is 16.2. The fraction of sp³-hybridized carbons (Fsp3) is 0.400. The Morgan fingerprint density at radius 2 is 2.22 bits per heavy atom. The molecule has 0 aromatic heterocycles. The van der Waals surface area contributed by atoms with Gasteiger partial charge in [-0.2, -0.15) is 0 Å². The largest absolute Gasteiger partial charge is 0.366 e. The van der Waals surface area contributed by atoms with Gasteiger partial charge in [0.15, 0.2) is 0 Å². The van der Waals surface area contributed by atoms with Crippen molar-refractivity contribution in [2.45, 2.75) is 32.2 Å². The van der Waals surface area contributed by atoms with Crippen LogP contribution in [0.4, 0.5) is 5.69 Å². The van der Waals surface area contributed by atoms with Crippen LogP contribution in [0.2, 0.25) is 0 Å². The van der Waals surface area contributed by atoms with Crippen LogP contribution in [0.15, 0.2) is 42.6 Å². The summed E-state index contributed by atoms with van der Waals surface area (Å²) >= 11 is 0. The summed E-state index contributed by atoms with van der Waals surface area (Å²) in [6.45, 7) is 3.08. The second-order valence-electron chi connectivity index (χ2n) is 4.54. The van der Waals surface area contributed by atoms with Gasteiger partial charge in [0, 0.05) is 12.2 Å². The molecule has 1 amide bonds. The number of rotatable bonds is 4. The fourth-order valence-electron chi connectivity index (χ4n) is 2.24. The highest BCUT2D eigenvalue weighted by Crippen LogP contribution is 2.19. The van der Waals surface area contributed by atoms with E-state index in [4.69, 9.17) is 0 Å². The maximum Gasteiger partial charge on any atom is 0.247 e. The van der Waals surface area contributed by atoms with Crippen LogP contribution in [0, 0.1) is 0 Å². The summed E-state index contributed by atoms with van der Waals surface area (Å²) in [4.78, 5) is 14.3. The van der Waals surface area contributed by atoms with Crippen LogP contribution in [0.3, 0.4) is 0 Å². The highest BCUT2D eigenvalue weighted by Gasteiger charge is 2.28. The molecule has 0 radical (unpaired) electrons. The number of carbonyl (C=O) groups excluding carboxylic acids is 1. The molecule has 1 atom stereocenters. The van der Waals surface area contributed by atoms with Gasteiger partial charge in [-0.15, -0.1) is 0 Å². The van der Waals surface area contributed by atoms with Gasteiger partial charge in [-0.05, 0) is 37.6 Å². The third-order valence-electron chi connectivity index (χ3n) is 3.17. The van der Waals surface area contributed by atoms with Gasteiger partial charge in [0.05, 0.1) is 0 Å². The first-order valence-corrected chi connectivity index (χ1v) is 6.59. The Morgan fingerprint density at radius 3 is 2.94 bits per heavy atom. The molecule has 0 aliphatic carbocycles. The lowest BCUT2D eigenvalue weighted by molar-refractivity contribution is -0.119. The monoisotopic (exact) mass is 244 g/mol. The number of anilines is 1. The number of hydrogen-bond donors (Lipinski definition) is 1. The lowest BCUT2D eigenvalue weighted by Crippen LogP contribution is -2.36. The molecule has 2 rings (SSSR count). The summed E-state index contributed by atoms with van der Waals surface area (Å²) in [5, 5.41) is 2.98. The number of likely N-dealkylation sites (tertiary alicyclic amines) is 1. The lowest BCUT2D eigenvalue weighted by Gasteiger charge is -2.21.